The molecule has 6 nitrogen and oxygen atoms in total. The molecule has 0 aromatic heterocycles. The van der Waals surface area contributed by atoms with Crippen molar-refractivity contribution in [3.63, 3.8) is 0 Å². The van der Waals surface area contributed by atoms with Gasteiger partial charge in [0.15, 0.2) is 5.96 Å². The molecule has 6 heteroatoms. The first-order valence-corrected chi connectivity index (χ1v) is 11.9. The van der Waals surface area contributed by atoms with Gasteiger partial charge in [0.05, 0.1) is 0 Å². The smallest absolute Gasteiger partial charge is 0.191 e. The molecule has 0 spiro atoms. The lowest BCUT2D eigenvalue weighted by atomic mass is 10.1. The molecule has 30 heavy (non-hydrogen) atoms. The Morgan fingerprint density at radius 3 is 2.17 bits per heavy atom. The highest BCUT2D eigenvalue weighted by atomic mass is 15.2. The largest absolute Gasteiger partial charge is 0.356 e. The van der Waals surface area contributed by atoms with Crippen LogP contribution in [0.1, 0.15) is 43.2 Å². The molecule has 2 fully saturated rings. The van der Waals surface area contributed by atoms with E-state index in [1.165, 1.54) is 89.0 Å². The summed E-state index contributed by atoms with van der Waals surface area (Å²) in [5.74, 6) is 0.896. The lowest BCUT2D eigenvalue weighted by Gasteiger charge is -2.32. The number of benzene rings is 1. The number of aliphatic imine (C=N–C) groups is 1. The topological polar surface area (TPSA) is 46.1 Å². The van der Waals surface area contributed by atoms with Gasteiger partial charge in [0.2, 0.25) is 0 Å². The number of likely N-dealkylation sites (N-methyl/N-ethyl adjacent to an activating group) is 1. The van der Waals surface area contributed by atoms with Crippen LogP contribution in [0.25, 0.3) is 0 Å². The van der Waals surface area contributed by atoms with Crippen molar-refractivity contribution in [1.82, 2.24) is 25.3 Å². The molecular formula is C24H42N6. The van der Waals surface area contributed by atoms with Crippen molar-refractivity contribution in [2.75, 3.05) is 66.5 Å². The second-order valence-corrected chi connectivity index (χ2v) is 8.86. The zero-order valence-corrected chi connectivity index (χ0v) is 19.2. The van der Waals surface area contributed by atoms with E-state index < -0.39 is 0 Å². The fourth-order valence-corrected chi connectivity index (χ4v) is 4.30. The van der Waals surface area contributed by atoms with Crippen molar-refractivity contribution in [1.29, 1.82) is 0 Å². The predicted octanol–water partition coefficient (Wildman–Crippen LogP) is 2.37. The third-order valence-corrected chi connectivity index (χ3v) is 6.35. The molecule has 168 valence electrons. The maximum Gasteiger partial charge on any atom is 0.191 e. The number of guanidine groups is 1. The Bertz CT molecular complexity index is 613. The van der Waals surface area contributed by atoms with Crippen molar-refractivity contribution in [2.24, 2.45) is 4.99 Å². The van der Waals surface area contributed by atoms with Crippen molar-refractivity contribution >= 4 is 5.96 Å². The Labute approximate surface area is 183 Å². The lowest BCUT2D eigenvalue weighted by molar-refractivity contribution is 0.148. The summed E-state index contributed by atoms with van der Waals surface area (Å²) in [6.45, 7) is 11.3. The molecule has 0 amide bonds. The van der Waals surface area contributed by atoms with Crippen LogP contribution in [0.15, 0.2) is 29.3 Å². The molecule has 0 atom stereocenters. The Hall–Kier alpha value is -1.63. The minimum Gasteiger partial charge on any atom is -0.356 e. The summed E-state index contributed by atoms with van der Waals surface area (Å²) in [5.41, 5.74) is 2.70. The maximum absolute atomic E-state index is 4.37. The van der Waals surface area contributed by atoms with Gasteiger partial charge in [-0.1, -0.05) is 37.1 Å². The first kappa shape index (κ1) is 23.0. The Balaban J connectivity index is 1.32. The molecule has 3 rings (SSSR count). The molecule has 1 aromatic carbocycles. The molecule has 2 saturated heterocycles. The summed E-state index contributed by atoms with van der Waals surface area (Å²) < 4.78 is 0. The van der Waals surface area contributed by atoms with Gasteiger partial charge in [-0.25, -0.2) is 0 Å². The molecule has 2 heterocycles. The van der Waals surface area contributed by atoms with E-state index in [1.807, 2.05) is 7.05 Å². The summed E-state index contributed by atoms with van der Waals surface area (Å²) in [6.07, 6.45) is 6.71. The SMILES string of the molecule is CN=C(NCCCN1CCCCCC1)NCc1ccc(CN2CCN(C)CC2)cc1. The molecule has 0 saturated carbocycles. The van der Waals surface area contributed by atoms with Crippen LogP contribution in [0.3, 0.4) is 0 Å². The molecule has 2 aliphatic rings. The first-order valence-electron chi connectivity index (χ1n) is 11.9. The van der Waals surface area contributed by atoms with Crippen molar-refractivity contribution in [2.45, 2.75) is 45.2 Å². The molecule has 1 aromatic rings. The Morgan fingerprint density at radius 1 is 0.833 bits per heavy atom. The van der Waals surface area contributed by atoms with Crippen molar-refractivity contribution < 1.29 is 0 Å². The van der Waals surface area contributed by atoms with Crippen LogP contribution in [-0.4, -0.2) is 87.1 Å². The summed E-state index contributed by atoms with van der Waals surface area (Å²) in [5, 5.41) is 6.91. The lowest BCUT2D eigenvalue weighted by Crippen LogP contribution is -2.43. The highest BCUT2D eigenvalue weighted by Gasteiger charge is 2.13. The fraction of sp³-hybridized carbons (Fsp3) is 0.708. The fourth-order valence-electron chi connectivity index (χ4n) is 4.30. The minimum absolute atomic E-state index is 0.806. The normalized spacial score (nSPS) is 20.1. The number of piperazine rings is 1. The van der Waals surface area contributed by atoms with Gasteiger partial charge >= 0.3 is 0 Å². The number of nitrogens with zero attached hydrogens (tertiary/aromatic N) is 4. The van der Waals surface area contributed by atoms with E-state index in [9.17, 15) is 0 Å². The molecule has 2 N–H and O–H groups in total. The second-order valence-electron chi connectivity index (χ2n) is 8.86. The van der Waals surface area contributed by atoms with Gasteiger partial charge in [-0.05, 0) is 57.1 Å². The Morgan fingerprint density at radius 2 is 1.50 bits per heavy atom. The van der Waals surface area contributed by atoms with Gasteiger partial charge < -0.3 is 20.4 Å². The standard InChI is InChI=1S/C24H42N6/c1-25-24(26-12-7-15-29-13-5-3-4-6-14-29)27-20-22-8-10-23(11-9-22)21-30-18-16-28(2)17-19-30/h8-11H,3-7,12-21H2,1-2H3,(H2,25,26,27). The predicted molar refractivity (Wildman–Crippen MR) is 127 cm³/mol. The monoisotopic (exact) mass is 414 g/mol. The summed E-state index contributed by atoms with van der Waals surface area (Å²) in [6, 6.07) is 9.02. The van der Waals surface area contributed by atoms with Gasteiger partial charge in [0.25, 0.3) is 0 Å². The highest BCUT2D eigenvalue weighted by molar-refractivity contribution is 5.79. The average Bonchev–Trinajstić information content (AvgIpc) is 3.05. The van der Waals surface area contributed by atoms with Crippen LogP contribution >= 0.6 is 0 Å². The third kappa shape index (κ3) is 8.25. The van der Waals surface area contributed by atoms with Gasteiger partial charge in [0.1, 0.15) is 0 Å². The van der Waals surface area contributed by atoms with Crippen LogP contribution in [0, 0.1) is 0 Å². The van der Waals surface area contributed by atoms with Crippen molar-refractivity contribution in [3.8, 4) is 0 Å². The van der Waals surface area contributed by atoms with E-state index >= 15 is 0 Å². The van der Waals surface area contributed by atoms with E-state index in [0.717, 1.165) is 25.6 Å². The van der Waals surface area contributed by atoms with Gasteiger partial charge in [-0.3, -0.25) is 9.89 Å². The summed E-state index contributed by atoms with van der Waals surface area (Å²) >= 11 is 0. The third-order valence-electron chi connectivity index (χ3n) is 6.35. The van der Waals surface area contributed by atoms with E-state index in [0.29, 0.717) is 0 Å². The number of hydrogen-bond acceptors (Lipinski definition) is 4. The molecule has 0 aliphatic carbocycles. The second kappa shape index (κ2) is 12.9. The summed E-state index contributed by atoms with van der Waals surface area (Å²) in [4.78, 5) is 11.9. The minimum atomic E-state index is 0.806. The molecule has 0 unspecified atom stereocenters. The Kier molecular flexibility index (Phi) is 9.93. The average molecular weight is 415 g/mol. The quantitative estimate of drug-likeness (QED) is 0.388. The van der Waals surface area contributed by atoms with Crippen LogP contribution in [-0.2, 0) is 13.1 Å². The number of hydrogen-bond donors (Lipinski definition) is 2. The highest BCUT2D eigenvalue weighted by Crippen LogP contribution is 2.10. The first-order chi connectivity index (χ1) is 14.7. The van der Waals surface area contributed by atoms with Crippen molar-refractivity contribution in [3.05, 3.63) is 35.4 Å². The van der Waals surface area contributed by atoms with E-state index in [-0.39, 0.29) is 0 Å². The summed E-state index contributed by atoms with van der Waals surface area (Å²) in [7, 11) is 4.06. The van der Waals surface area contributed by atoms with E-state index in [4.69, 9.17) is 0 Å². The van der Waals surface area contributed by atoms with Gasteiger partial charge in [0, 0.05) is 52.9 Å². The number of nitrogens with one attached hydrogen (secondary N) is 2. The zero-order valence-electron chi connectivity index (χ0n) is 19.2. The van der Waals surface area contributed by atoms with E-state index in [1.54, 1.807) is 0 Å². The molecule has 0 radical (unpaired) electrons. The number of rotatable bonds is 8. The maximum atomic E-state index is 4.37. The van der Waals surface area contributed by atoms with Crippen LogP contribution in [0.5, 0.6) is 0 Å². The van der Waals surface area contributed by atoms with Gasteiger partial charge in [-0.15, -0.1) is 0 Å². The molecule has 2 aliphatic heterocycles. The van der Waals surface area contributed by atoms with Gasteiger partial charge in [-0.2, -0.15) is 0 Å². The zero-order chi connectivity index (χ0) is 21.0. The molecular weight excluding hydrogens is 372 g/mol. The van der Waals surface area contributed by atoms with Crippen LogP contribution < -0.4 is 10.6 Å². The van der Waals surface area contributed by atoms with Crippen LogP contribution in [0.4, 0.5) is 0 Å². The number of likely N-dealkylation sites (tertiary alicyclic amines) is 1. The van der Waals surface area contributed by atoms with Crippen LogP contribution in [0.2, 0.25) is 0 Å². The molecule has 0 bridgehead atoms. The van der Waals surface area contributed by atoms with E-state index in [2.05, 4.69) is 61.6 Å².